The molecule has 2 heterocycles. The number of nitrogens with two attached hydrogens (primary N) is 1. The van der Waals surface area contributed by atoms with Crippen LogP contribution in [-0.2, 0) is 9.53 Å². The van der Waals surface area contributed by atoms with E-state index >= 15 is 0 Å². The van der Waals surface area contributed by atoms with Crippen LogP contribution in [0.2, 0.25) is 0 Å². The second kappa shape index (κ2) is 4.80. The highest BCUT2D eigenvalue weighted by atomic mass is 16.5. The Kier molecular flexibility index (Phi) is 3.21. The molecule has 1 atom stereocenters. The average molecular weight is 232 g/mol. The van der Waals surface area contributed by atoms with E-state index in [1.165, 1.54) is 0 Å². The number of hydrogen-bond acceptors (Lipinski definition) is 5. The Morgan fingerprint density at radius 3 is 3.18 bits per heavy atom. The van der Waals surface area contributed by atoms with Gasteiger partial charge in [-0.1, -0.05) is 6.07 Å². The van der Waals surface area contributed by atoms with Crippen molar-refractivity contribution in [2.24, 2.45) is 5.73 Å². The largest absolute Gasteiger partial charge is 0.377 e. The molecule has 1 unspecified atom stereocenters. The minimum Gasteiger partial charge on any atom is -0.377 e. The maximum absolute atomic E-state index is 11.3. The van der Waals surface area contributed by atoms with Crippen molar-refractivity contribution in [3.63, 3.8) is 0 Å². The number of aromatic nitrogens is 1. The van der Waals surface area contributed by atoms with Gasteiger partial charge in [-0.15, -0.1) is 0 Å². The van der Waals surface area contributed by atoms with Gasteiger partial charge < -0.3 is 15.4 Å². The van der Waals surface area contributed by atoms with Gasteiger partial charge in [-0.2, -0.15) is 5.26 Å². The first kappa shape index (κ1) is 11.4. The van der Waals surface area contributed by atoms with Crippen LogP contribution in [0.25, 0.3) is 0 Å². The molecule has 6 nitrogen and oxygen atoms in total. The highest BCUT2D eigenvalue weighted by molar-refractivity contribution is 5.83. The number of morpholine rings is 1. The molecule has 6 heteroatoms. The van der Waals surface area contributed by atoms with Crippen LogP contribution < -0.4 is 10.6 Å². The molecule has 0 saturated carbocycles. The second-order valence-electron chi connectivity index (χ2n) is 3.68. The van der Waals surface area contributed by atoms with Gasteiger partial charge in [-0.05, 0) is 12.1 Å². The normalized spacial score (nSPS) is 19.7. The number of rotatable bonds is 2. The number of ether oxygens (including phenoxy) is 1. The molecule has 2 rings (SSSR count). The van der Waals surface area contributed by atoms with E-state index in [-0.39, 0.29) is 6.61 Å². The molecule has 0 aromatic carbocycles. The number of primary amides is 1. The molecule has 1 amide bonds. The minimum atomic E-state index is -0.523. The van der Waals surface area contributed by atoms with Crippen molar-refractivity contribution < 1.29 is 9.53 Å². The van der Waals surface area contributed by atoms with Crippen LogP contribution in [0.5, 0.6) is 0 Å². The molecule has 1 aromatic heterocycles. The predicted octanol–water partition coefficient (Wildman–Crippen LogP) is -0.356. The number of nitriles is 1. The van der Waals surface area contributed by atoms with E-state index in [1.54, 1.807) is 23.1 Å². The lowest BCUT2D eigenvalue weighted by Gasteiger charge is -2.34. The lowest BCUT2D eigenvalue weighted by atomic mass is 10.2. The monoisotopic (exact) mass is 232 g/mol. The summed E-state index contributed by atoms with van der Waals surface area (Å²) in [5, 5.41) is 8.79. The van der Waals surface area contributed by atoms with E-state index in [1.807, 2.05) is 6.07 Å². The Bertz CT molecular complexity index is 469. The highest BCUT2D eigenvalue weighted by Gasteiger charge is 2.28. The molecule has 1 fully saturated rings. The number of nitrogens with zero attached hydrogens (tertiary/aromatic N) is 3. The summed E-state index contributed by atoms with van der Waals surface area (Å²) in [6.07, 6.45) is 0. The van der Waals surface area contributed by atoms with Crippen molar-refractivity contribution in [2.45, 2.75) is 6.04 Å². The standard InChI is InChI=1S/C11H12N4O2/c12-6-8-2-1-3-10(14-8)15-4-5-17-7-9(15)11(13)16/h1-3,9H,4-5,7H2,(H2,13,16). The smallest absolute Gasteiger partial charge is 0.242 e. The number of anilines is 1. The van der Waals surface area contributed by atoms with Gasteiger partial charge in [-0.3, -0.25) is 4.79 Å². The molecule has 0 spiro atoms. The molecule has 0 bridgehead atoms. The van der Waals surface area contributed by atoms with E-state index in [9.17, 15) is 4.79 Å². The van der Waals surface area contributed by atoms with E-state index in [0.29, 0.717) is 24.7 Å². The van der Waals surface area contributed by atoms with E-state index < -0.39 is 11.9 Å². The SMILES string of the molecule is N#Cc1cccc(N2CCOCC2C(N)=O)n1. The topological polar surface area (TPSA) is 92.2 Å². The molecule has 1 aromatic rings. The predicted molar refractivity (Wildman–Crippen MR) is 60.1 cm³/mol. The molecule has 0 aliphatic carbocycles. The van der Waals surface area contributed by atoms with Crippen molar-refractivity contribution in [2.75, 3.05) is 24.7 Å². The van der Waals surface area contributed by atoms with Crippen molar-refractivity contribution in [3.05, 3.63) is 23.9 Å². The summed E-state index contributed by atoms with van der Waals surface area (Å²) < 4.78 is 5.22. The third kappa shape index (κ3) is 2.34. The molecule has 1 saturated heterocycles. The second-order valence-corrected chi connectivity index (χ2v) is 3.68. The van der Waals surface area contributed by atoms with Crippen LogP contribution >= 0.6 is 0 Å². The zero-order chi connectivity index (χ0) is 12.3. The summed E-state index contributed by atoms with van der Waals surface area (Å²) in [6.45, 7) is 1.31. The van der Waals surface area contributed by atoms with Gasteiger partial charge in [0, 0.05) is 6.54 Å². The van der Waals surface area contributed by atoms with E-state index in [2.05, 4.69) is 4.98 Å². The minimum absolute atomic E-state index is 0.258. The molecule has 88 valence electrons. The Morgan fingerprint density at radius 2 is 2.47 bits per heavy atom. The van der Waals surface area contributed by atoms with Gasteiger partial charge in [0.05, 0.1) is 13.2 Å². The summed E-state index contributed by atoms with van der Waals surface area (Å²) >= 11 is 0. The number of amides is 1. The summed E-state index contributed by atoms with van der Waals surface area (Å²) in [4.78, 5) is 17.2. The third-order valence-electron chi connectivity index (χ3n) is 2.60. The van der Waals surface area contributed by atoms with Crippen LogP contribution in [0.3, 0.4) is 0 Å². The molecule has 0 radical (unpaired) electrons. The lowest BCUT2D eigenvalue weighted by Crippen LogP contribution is -2.53. The summed E-state index contributed by atoms with van der Waals surface area (Å²) in [5.41, 5.74) is 5.63. The first-order valence-corrected chi connectivity index (χ1v) is 5.23. The Morgan fingerprint density at radius 1 is 1.65 bits per heavy atom. The van der Waals surface area contributed by atoms with Gasteiger partial charge >= 0.3 is 0 Å². The maximum atomic E-state index is 11.3. The zero-order valence-electron chi connectivity index (χ0n) is 9.17. The fourth-order valence-electron chi connectivity index (χ4n) is 1.76. The molecule has 1 aliphatic rings. The van der Waals surface area contributed by atoms with Crippen LogP contribution in [0, 0.1) is 11.3 Å². The molecular formula is C11H12N4O2. The molecular weight excluding hydrogens is 220 g/mol. The van der Waals surface area contributed by atoms with Crippen LogP contribution in [-0.4, -0.2) is 36.7 Å². The lowest BCUT2D eigenvalue weighted by molar-refractivity contribution is -0.121. The number of pyridine rings is 1. The van der Waals surface area contributed by atoms with Crippen molar-refractivity contribution in [1.82, 2.24) is 4.98 Å². The average Bonchev–Trinajstić information content (AvgIpc) is 2.39. The highest BCUT2D eigenvalue weighted by Crippen LogP contribution is 2.17. The van der Waals surface area contributed by atoms with Crippen molar-refractivity contribution in [1.29, 1.82) is 5.26 Å². The number of carbonyl (C=O) groups excluding carboxylic acids is 1. The van der Waals surface area contributed by atoms with Gasteiger partial charge in [0.1, 0.15) is 23.6 Å². The fourth-order valence-corrected chi connectivity index (χ4v) is 1.76. The zero-order valence-corrected chi connectivity index (χ0v) is 9.17. The number of carbonyl (C=O) groups is 1. The fraction of sp³-hybridized carbons (Fsp3) is 0.364. The first-order valence-electron chi connectivity index (χ1n) is 5.23. The Labute approximate surface area is 98.6 Å². The van der Waals surface area contributed by atoms with Crippen molar-refractivity contribution >= 4 is 11.7 Å². The number of hydrogen-bond donors (Lipinski definition) is 1. The van der Waals surface area contributed by atoms with E-state index in [4.69, 9.17) is 15.7 Å². The molecule has 1 aliphatic heterocycles. The Balaban J connectivity index is 2.29. The van der Waals surface area contributed by atoms with Crippen LogP contribution in [0.4, 0.5) is 5.82 Å². The third-order valence-corrected chi connectivity index (χ3v) is 2.60. The van der Waals surface area contributed by atoms with Gasteiger partial charge in [0.15, 0.2) is 0 Å². The van der Waals surface area contributed by atoms with Crippen LogP contribution in [0.1, 0.15) is 5.69 Å². The molecule has 17 heavy (non-hydrogen) atoms. The van der Waals surface area contributed by atoms with Crippen molar-refractivity contribution in [3.8, 4) is 6.07 Å². The maximum Gasteiger partial charge on any atom is 0.242 e. The first-order chi connectivity index (χ1) is 8.22. The van der Waals surface area contributed by atoms with Gasteiger partial charge in [0.25, 0.3) is 0 Å². The summed E-state index contributed by atoms with van der Waals surface area (Å²) in [7, 11) is 0. The quantitative estimate of drug-likeness (QED) is 0.752. The van der Waals surface area contributed by atoms with Gasteiger partial charge in [-0.25, -0.2) is 4.98 Å². The Hall–Kier alpha value is -2.13. The molecule has 2 N–H and O–H groups in total. The summed E-state index contributed by atoms with van der Waals surface area (Å²) in [6, 6.07) is 6.54. The van der Waals surface area contributed by atoms with E-state index in [0.717, 1.165) is 0 Å². The van der Waals surface area contributed by atoms with Gasteiger partial charge in [0.2, 0.25) is 5.91 Å². The summed E-state index contributed by atoms with van der Waals surface area (Å²) in [5.74, 6) is 0.130. The van der Waals surface area contributed by atoms with Crippen LogP contribution in [0.15, 0.2) is 18.2 Å².